The van der Waals surface area contributed by atoms with Gasteiger partial charge in [0.15, 0.2) is 0 Å². The fourth-order valence-corrected chi connectivity index (χ4v) is 0.0617. The largest absolute Gasteiger partial charge is 0.478 e. The van der Waals surface area contributed by atoms with Crippen LogP contribution in [0.1, 0.15) is 6.92 Å². The van der Waals surface area contributed by atoms with Crippen molar-refractivity contribution in [3.05, 3.63) is 0 Å². The Morgan fingerprint density at radius 2 is 2.25 bits per heavy atom. The summed E-state index contributed by atoms with van der Waals surface area (Å²) in [5.41, 5.74) is -2.01. The molecule has 0 aliphatic carbocycles. The van der Waals surface area contributed by atoms with Crippen molar-refractivity contribution in [1.82, 2.24) is 0 Å². The normalized spacial score (nSPS) is 16.1. The predicted molar refractivity (Wildman–Crippen MR) is 27.1 cm³/mol. The number of aliphatic carboxylic acids is 1. The van der Waals surface area contributed by atoms with E-state index in [1.807, 2.05) is 0 Å². The molecule has 0 rings (SSSR count). The Bertz CT molecular complexity index is 140. The summed E-state index contributed by atoms with van der Waals surface area (Å²) in [6.07, 6.45) is 4.63. The molecule has 44 valence electrons. The van der Waals surface area contributed by atoms with Crippen molar-refractivity contribution in [1.29, 1.82) is 0 Å². The smallest absolute Gasteiger partial charge is 0.348 e. The molecule has 0 fully saturated rings. The second-order valence-corrected chi connectivity index (χ2v) is 1.52. The van der Waals surface area contributed by atoms with Gasteiger partial charge < -0.3 is 10.2 Å². The molecular formula is C5H6O3. The van der Waals surface area contributed by atoms with Gasteiger partial charge in [0.05, 0.1) is 0 Å². The molecule has 1 unspecified atom stereocenters. The molecule has 0 saturated heterocycles. The lowest BCUT2D eigenvalue weighted by Crippen LogP contribution is -2.32. The number of carbonyl (C=O) groups is 1. The van der Waals surface area contributed by atoms with E-state index in [1.54, 1.807) is 5.92 Å². The number of rotatable bonds is 1. The lowest BCUT2D eigenvalue weighted by molar-refractivity contribution is -0.150. The highest BCUT2D eigenvalue weighted by Crippen LogP contribution is 1.98. The molecule has 1 atom stereocenters. The molecule has 0 aliphatic heterocycles. The first-order valence-electron chi connectivity index (χ1n) is 1.94. The zero-order chi connectivity index (χ0) is 6.78. The van der Waals surface area contributed by atoms with Crippen LogP contribution in [0.5, 0.6) is 0 Å². The first kappa shape index (κ1) is 6.99. The quantitative estimate of drug-likeness (QED) is 0.450. The van der Waals surface area contributed by atoms with Crippen molar-refractivity contribution in [2.75, 3.05) is 0 Å². The second kappa shape index (κ2) is 1.85. The van der Waals surface area contributed by atoms with Gasteiger partial charge in [-0.25, -0.2) is 4.79 Å². The SMILES string of the molecule is C#CC(C)(O)C(=O)O. The maximum absolute atomic E-state index is 9.86. The number of hydrogen-bond donors (Lipinski definition) is 2. The first-order valence-corrected chi connectivity index (χ1v) is 1.94. The molecule has 3 nitrogen and oxygen atoms in total. The fourth-order valence-electron chi connectivity index (χ4n) is 0.0617. The van der Waals surface area contributed by atoms with E-state index in [-0.39, 0.29) is 0 Å². The first-order chi connectivity index (χ1) is 3.50. The molecule has 8 heavy (non-hydrogen) atoms. The van der Waals surface area contributed by atoms with Crippen molar-refractivity contribution in [3.8, 4) is 12.3 Å². The molecule has 0 aromatic rings. The van der Waals surface area contributed by atoms with Crippen LogP contribution in [0.15, 0.2) is 0 Å². The van der Waals surface area contributed by atoms with Gasteiger partial charge >= 0.3 is 5.97 Å². The van der Waals surface area contributed by atoms with E-state index in [4.69, 9.17) is 10.2 Å². The standard InChI is InChI=1S/C5H6O3/c1-3-5(2,8)4(6)7/h1,8H,2H3,(H,6,7). The minimum atomic E-state index is -2.01. The Labute approximate surface area is 46.9 Å². The zero-order valence-electron chi connectivity index (χ0n) is 4.38. The van der Waals surface area contributed by atoms with Crippen molar-refractivity contribution < 1.29 is 15.0 Å². The van der Waals surface area contributed by atoms with Crippen molar-refractivity contribution in [3.63, 3.8) is 0 Å². The van der Waals surface area contributed by atoms with Crippen LogP contribution in [-0.4, -0.2) is 21.8 Å². The molecule has 0 aromatic carbocycles. The number of terminal acetylenes is 1. The number of carboxylic acid groups (broad SMARTS) is 1. The van der Waals surface area contributed by atoms with Crippen LogP contribution >= 0.6 is 0 Å². The fraction of sp³-hybridized carbons (Fsp3) is 0.400. The summed E-state index contributed by atoms with van der Waals surface area (Å²) in [4.78, 5) is 9.86. The van der Waals surface area contributed by atoms with E-state index in [9.17, 15) is 4.79 Å². The van der Waals surface area contributed by atoms with Crippen molar-refractivity contribution in [2.24, 2.45) is 0 Å². The van der Waals surface area contributed by atoms with E-state index >= 15 is 0 Å². The van der Waals surface area contributed by atoms with E-state index in [0.29, 0.717) is 0 Å². The van der Waals surface area contributed by atoms with Crippen molar-refractivity contribution >= 4 is 5.97 Å². The maximum Gasteiger partial charge on any atom is 0.348 e. The van der Waals surface area contributed by atoms with Gasteiger partial charge in [-0.1, -0.05) is 5.92 Å². The Hall–Kier alpha value is -1.01. The molecular weight excluding hydrogens is 108 g/mol. The maximum atomic E-state index is 9.86. The van der Waals surface area contributed by atoms with Crippen LogP contribution in [0.2, 0.25) is 0 Å². The van der Waals surface area contributed by atoms with Crippen LogP contribution in [0.25, 0.3) is 0 Å². The van der Waals surface area contributed by atoms with Crippen LogP contribution in [0.3, 0.4) is 0 Å². The second-order valence-electron chi connectivity index (χ2n) is 1.52. The van der Waals surface area contributed by atoms with Gasteiger partial charge in [-0.05, 0) is 6.92 Å². The molecule has 0 saturated carbocycles. The van der Waals surface area contributed by atoms with Gasteiger partial charge in [0.25, 0.3) is 0 Å². The predicted octanol–water partition coefficient (Wildman–Crippen LogP) is -0.545. The lowest BCUT2D eigenvalue weighted by atomic mass is 10.1. The molecule has 3 heteroatoms. The topological polar surface area (TPSA) is 57.5 Å². The molecule has 0 radical (unpaired) electrons. The lowest BCUT2D eigenvalue weighted by Gasteiger charge is -2.06. The molecule has 0 heterocycles. The monoisotopic (exact) mass is 114 g/mol. The van der Waals surface area contributed by atoms with E-state index in [2.05, 4.69) is 6.42 Å². The molecule has 0 spiro atoms. The Morgan fingerprint density at radius 1 is 1.88 bits per heavy atom. The zero-order valence-corrected chi connectivity index (χ0v) is 4.38. The third kappa shape index (κ3) is 1.24. The molecule has 2 N–H and O–H groups in total. The third-order valence-corrected chi connectivity index (χ3v) is 0.697. The summed E-state index contributed by atoms with van der Waals surface area (Å²) >= 11 is 0. The van der Waals surface area contributed by atoms with Gasteiger partial charge in [-0.2, -0.15) is 0 Å². The summed E-state index contributed by atoms with van der Waals surface area (Å²) in [7, 11) is 0. The van der Waals surface area contributed by atoms with Gasteiger partial charge in [0.2, 0.25) is 5.60 Å². The number of aliphatic hydroxyl groups is 1. The van der Waals surface area contributed by atoms with Crippen LogP contribution in [0.4, 0.5) is 0 Å². The van der Waals surface area contributed by atoms with Gasteiger partial charge in [0.1, 0.15) is 0 Å². The molecule has 0 aliphatic rings. The summed E-state index contributed by atoms with van der Waals surface area (Å²) in [6.45, 7) is 1.04. The van der Waals surface area contributed by atoms with Crippen LogP contribution < -0.4 is 0 Å². The average molecular weight is 114 g/mol. The van der Waals surface area contributed by atoms with Gasteiger partial charge in [-0.15, -0.1) is 6.42 Å². The van der Waals surface area contributed by atoms with E-state index < -0.39 is 11.6 Å². The van der Waals surface area contributed by atoms with Crippen LogP contribution in [0, 0.1) is 12.3 Å². The Balaban J connectivity index is 4.19. The number of hydrogen-bond acceptors (Lipinski definition) is 2. The minimum absolute atomic E-state index is 1.04. The summed E-state index contributed by atoms with van der Waals surface area (Å²) in [6, 6.07) is 0. The van der Waals surface area contributed by atoms with Crippen LogP contribution in [-0.2, 0) is 4.79 Å². The highest BCUT2D eigenvalue weighted by molar-refractivity contribution is 5.80. The van der Waals surface area contributed by atoms with Crippen molar-refractivity contribution in [2.45, 2.75) is 12.5 Å². The van der Waals surface area contributed by atoms with Gasteiger partial charge in [-0.3, -0.25) is 0 Å². The third-order valence-electron chi connectivity index (χ3n) is 0.697. The number of carboxylic acids is 1. The molecule has 0 amide bonds. The average Bonchev–Trinajstić information content (AvgIpc) is 1.67. The minimum Gasteiger partial charge on any atom is -0.478 e. The summed E-state index contributed by atoms with van der Waals surface area (Å²) in [5.74, 6) is 0.294. The van der Waals surface area contributed by atoms with Gasteiger partial charge in [0, 0.05) is 0 Å². The Morgan fingerprint density at radius 3 is 2.25 bits per heavy atom. The Kier molecular flexibility index (Phi) is 1.61. The molecule has 0 aromatic heterocycles. The molecule has 0 bridgehead atoms. The summed E-state index contributed by atoms with van der Waals surface area (Å²) < 4.78 is 0. The van der Waals surface area contributed by atoms with E-state index in [1.165, 1.54) is 0 Å². The highest BCUT2D eigenvalue weighted by atomic mass is 16.4. The summed E-state index contributed by atoms with van der Waals surface area (Å²) in [5, 5.41) is 16.6. The van der Waals surface area contributed by atoms with E-state index in [0.717, 1.165) is 6.92 Å². The highest BCUT2D eigenvalue weighted by Gasteiger charge is 2.25.